The number of hydrogen-bond donors (Lipinski definition) is 1. The van der Waals surface area contributed by atoms with E-state index in [4.69, 9.17) is 5.73 Å². The highest BCUT2D eigenvalue weighted by Gasteiger charge is 2.32. The third kappa shape index (κ3) is 2.67. The van der Waals surface area contributed by atoms with Gasteiger partial charge >= 0.3 is 0 Å². The Labute approximate surface area is 103 Å². The lowest BCUT2D eigenvalue weighted by molar-refractivity contribution is 0.0747. The molecule has 2 N–H and O–H groups in total. The van der Waals surface area contributed by atoms with Crippen LogP contribution in [0.4, 0.5) is 0 Å². The first-order valence-electron chi connectivity index (χ1n) is 6.21. The molecule has 0 radical (unpaired) electrons. The molecule has 0 spiro atoms. The molecule has 0 unspecified atom stereocenters. The van der Waals surface area contributed by atoms with Crippen molar-refractivity contribution in [1.29, 1.82) is 0 Å². The van der Waals surface area contributed by atoms with Gasteiger partial charge in [-0.05, 0) is 38.3 Å². The van der Waals surface area contributed by atoms with E-state index < -0.39 is 0 Å². The van der Waals surface area contributed by atoms with Gasteiger partial charge in [-0.2, -0.15) is 0 Å². The zero-order valence-corrected chi connectivity index (χ0v) is 10.6. The van der Waals surface area contributed by atoms with Gasteiger partial charge in [0.25, 0.3) is 5.91 Å². The van der Waals surface area contributed by atoms with E-state index in [1.54, 1.807) is 0 Å². The first-order valence-corrected chi connectivity index (χ1v) is 6.21. The average molecular weight is 232 g/mol. The van der Waals surface area contributed by atoms with Gasteiger partial charge in [-0.1, -0.05) is 17.7 Å². The van der Waals surface area contributed by atoms with Crippen LogP contribution in [0.5, 0.6) is 0 Å². The summed E-state index contributed by atoms with van der Waals surface area (Å²) < 4.78 is 0. The van der Waals surface area contributed by atoms with Crippen LogP contribution in [0, 0.1) is 13.8 Å². The van der Waals surface area contributed by atoms with Gasteiger partial charge in [-0.25, -0.2) is 0 Å². The Hall–Kier alpha value is -1.35. The summed E-state index contributed by atoms with van der Waals surface area (Å²) in [7, 11) is 0. The first kappa shape index (κ1) is 12.1. The Morgan fingerprint density at radius 1 is 1.41 bits per heavy atom. The predicted molar refractivity (Wildman–Crippen MR) is 69.0 cm³/mol. The SMILES string of the molecule is Cc1ccc(C)c(C(=O)N(CCN)C2CC2)c1. The molecular formula is C14H20N2O. The van der Waals surface area contributed by atoms with E-state index in [9.17, 15) is 4.79 Å². The molecular weight excluding hydrogens is 212 g/mol. The number of carbonyl (C=O) groups excluding carboxylic acids is 1. The van der Waals surface area contributed by atoms with Crippen molar-refractivity contribution in [3.63, 3.8) is 0 Å². The van der Waals surface area contributed by atoms with Crippen molar-refractivity contribution in [2.75, 3.05) is 13.1 Å². The molecule has 2 rings (SSSR count). The highest BCUT2D eigenvalue weighted by Crippen LogP contribution is 2.28. The maximum Gasteiger partial charge on any atom is 0.254 e. The number of amides is 1. The summed E-state index contributed by atoms with van der Waals surface area (Å²) in [5.74, 6) is 0.138. The molecule has 3 heteroatoms. The molecule has 0 aliphatic heterocycles. The molecule has 0 bridgehead atoms. The topological polar surface area (TPSA) is 46.3 Å². The number of carbonyl (C=O) groups is 1. The van der Waals surface area contributed by atoms with Crippen molar-refractivity contribution in [2.24, 2.45) is 5.73 Å². The minimum Gasteiger partial charge on any atom is -0.334 e. The third-order valence-corrected chi connectivity index (χ3v) is 3.24. The second-order valence-electron chi connectivity index (χ2n) is 4.84. The monoisotopic (exact) mass is 232 g/mol. The third-order valence-electron chi connectivity index (χ3n) is 3.24. The predicted octanol–water partition coefficient (Wildman–Crippen LogP) is 1.87. The Morgan fingerprint density at radius 3 is 2.71 bits per heavy atom. The van der Waals surface area contributed by atoms with Gasteiger partial charge in [0.1, 0.15) is 0 Å². The van der Waals surface area contributed by atoms with Gasteiger partial charge in [0.2, 0.25) is 0 Å². The summed E-state index contributed by atoms with van der Waals surface area (Å²) in [5, 5.41) is 0. The molecule has 1 amide bonds. The Morgan fingerprint density at radius 2 is 2.12 bits per heavy atom. The van der Waals surface area contributed by atoms with Crippen LogP contribution in [0.25, 0.3) is 0 Å². The smallest absolute Gasteiger partial charge is 0.254 e. The van der Waals surface area contributed by atoms with Gasteiger partial charge in [0.15, 0.2) is 0 Å². The molecule has 1 aliphatic rings. The minimum atomic E-state index is 0.138. The van der Waals surface area contributed by atoms with Crippen LogP contribution in [-0.2, 0) is 0 Å². The van der Waals surface area contributed by atoms with Crippen molar-refractivity contribution in [3.8, 4) is 0 Å². The van der Waals surface area contributed by atoms with Gasteiger partial charge in [0.05, 0.1) is 0 Å². The van der Waals surface area contributed by atoms with Gasteiger partial charge in [-0.3, -0.25) is 4.79 Å². The molecule has 17 heavy (non-hydrogen) atoms. The van der Waals surface area contributed by atoms with E-state index >= 15 is 0 Å². The zero-order chi connectivity index (χ0) is 12.4. The maximum atomic E-state index is 12.5. The van der Waals surface area contributed by atoms with Crippen molar-refractivity contribution in [1.82, 2.24) is 4.90 Å². The summed E-state index contributed by atoms with van der Waals surface area (Å²) in [6, 6.07) is 6.45. The van der Waals surface area contributed by atoms with Gasteiger partial charge < -0.3 is 10.6 Å². The molecule has 0 atom stereocenters. The quantitative estimate of drug-likeness (QED) is 0.861. The molecule has 1 saturated carbocycles. The van der Waals surface area contributed by atoms with Crippen LogP contribution in [0.15, 0.2) is 18.2 Å². The van der Waals surface area contributed by atoms with E-state index in [1.165, 1.54) is 0 Å². The highest BCUT2D eigenvalue weighted by atomic mass is 16.2. The number of benzene rings is 1. The van der Waals surface area contributed by atoms with Gasteiger partial charge in [-0.15, -0.1) is 0 Å². The molecule has 1 fully saturated rings. The summed E-state index contributed by atoms with van der Waals surface area (Å²) in [5.41, 5.74) is 8.58. The number of nitrogens with two attached hydrogens (primary N) is 1. The molecule has 0 saturated heterocycles. The number of rotatable bonds is 4. The molecule has 1 aliphatic carbocycles. The van der Waals surface area contributed by atoms with E-state index in [0.29, 0.717) is 19.1 Å². The van der Waals surface area contributed by atoms with Crippen molar-refractivity contribution >= 4 is 5.91 Å². The summed E-state index contributed by atoms with van der Waals surface area (Å²) in [4.78, 5) is 14.4. The first-order chi connectivity index (χ1) is 8.13. The summed E-state index contributed by atoms with van der Waals surface area (Å²) in [6.45, 7) is 5.20. The fourth-order valence-electron chi connectivity index (χ4n) is 2.10. The molecule has 0 aromatic heterocycles. The van der Waals surface area contributed by atoms with E-state index in [0.717, 1.165) is 29.5 Å². The molecule has 0 heterocycles. The van der Waals surface area contributed by atoms with Crippen LogP contribution in [0.3, 0.4) is 0 Å². The van der Waals surface area contributed by atoms with Crippen molar-refractivity contribution < 1.29 is 4.79 Å². The van der Waals surface area contributed by atoms with Crippen LogP contribution in [0.1, 0.15) is 34.3 Å². The van der Waals surface area contributed by atoms with E-state index in [1.807, 2.05) is 36.9 Å². The molecule has 1 aromatic rings. The van der Waals surface area contributed by atoms with Crippen LogP contribution in [0.2, 0.25) is 0 Å². The van der Waals surface area contributed by atoms with Crippen molar-refractivity contribution in [3.05, 3.63) is 34.9 Å². The fourth-order valence-corrected chi connectivity index (χ4v) is 2.10. The van der Waals surface area contributed by atoms with Gasteiger partial charge in [0, 0.05) is 24.7 Å². The fraction of sp³-hybridized carbons (Fsp3) is 0.500. The van der Waals surface area contributed by atoms with Crippen LogP contribution >= 0.6 is 0 Å². The second-order valence-corrected chi connectivity index (χ2v) is 4.84. The second kappa shape index (κ2) is 4.88. The number of nitrogens with zero attached hydrogens (tertiary/aromatic N) is 1. The summed E-state index contributed by atoms with van der Waals surface area (Å²) >= 11 is 0. The average Bonchev–Trinajstić information content (AvgIpc) is 3.12. The Balaban J connectivity index is 2.24. The molecule has 3 nitrogen and oxygen atoms in total. The van der Waals surface area contributed by atoms with E-state index in [-0.39, 0.29) is 5.91 Å². The number of hydrogen-bond acceptors (Lipinski definition) is 2. The van der Waals surface area contributed by atoms with Crippen LogP contribution < -0.4 is 5.73 Å². The minimum absolute atomic E-state index is 0.138. The molecule has 1 aromatic carbocycles. The zero-order valence-electron chi connectivity index (χ0n) is 10.6. The number of aryl methyl sites for hydroxylation is 2. The van der Waals surface area contributed by atoms with E-state index in [2.05, 4.69) is 0 Å². The largest absolute Gasteiger partial charge is 0.334 e. The standard InChI is InChI=1S/C14H20N2O/c1-10-3-4-11(2)13(9-10)14(17)16(8-7-15)12-5-6-12/h3-4,9,12H,5-8,15H2,1-2H3. The highest BCUT2D eigenvalue weighted by molar-refractivity contribution is 5.96. The summed E-state index contributed by atoms with van der Waals surface area (Å²) in [6.07, 6.45) is 2.24. The Bertz CT molecular complexity index is 424. The normalized spacial score (nSPS) is 14.8. The lowest BCUT2D eigenvalue weighted by Gasteiger charge is -2.22. The lowest BCUT2D eigenvalue weighted by Crippen LogP contribution is -2.37. The Kier molecular flexibility index (Phi) is 3.48. The lowest BCUT2D eigenvalue weighted by atomic mass is 10.0. The van der Waals surface area contributed by atoms with Crippen molar-refractivity contribution in [2.45, 2.75) is 32.7 Å². The maximum absolute atomic E-state index is 12.5. The molecule has 92 valence electrons. The van der Waals surface area contributed by atoms with Crippen LogP contribution in [-0.4, -0.2) is 29.9 Å².